The molecule has 0 atom stereocenters. The number of allylic oxidation sites excluding steroid dienone is 2. The lowest BCUT2D eigenvalue weighted by molar-refractivity contribution is 0.340. The van der Waals surface area contributed by atoms with Crippen LogP contribution in [0.4, 0.5) is 4.39 Å². The number of para-hydroxylation sites is 1. The number of hydrogen-bond acceptors (Lipinski definition) is 2. The molecular formula is C26H27FO2. The van der Waals surface area contributed by atoms with Crippen molar-refractivity contribution in [1.29, 1.82) is 0 Å². The predicted octanol–water partition coefficient (Wildman–Crippen LogP) is 7.25. The van der Waals surface area contributed by atoms with Gasteiger partial charge in [-0.2, -0.15) is 0 Å². The normalized spacial score (nSPS) is 11.9. The molecule has 3 heteroatoms. The van der Waals surface area contributed by atoms with E-state index in [1.54, 1.807) is 6.08 Å². The van der Waals surface area contributed by atoms with Gasteiger partial charge in [0.2, 0.25) is 0 Å². The molecule has 150 valence electrons. The summed E-state index contributed by atoms with van der Waals surface area (Å²) >= 11 is 0. The highest BCUT2D eigenvalue weighted by molar-refractivity contribution is 5.37. The number of hydrogen-bond donors (Lipinski definition) is 0. The second kappa shape index (κ2) is 9.42. The molecule has 0 N–H and O–H groups in total. The molecular weight excluding hydrogens is 363 g/mol. The first-order valence-electron chi connectivity index (χ1n) is 9.89. The molecule has 0 spiro atoms. The summed E-state index contributed by atoms with van der Waals surface area (Å²) in [5.74, 6) is 2.12. The van der Waals surface area contributed by atoms with Crippen LogP contribution in [0.1, 0.15) is 31.9 Å². The second-order valence-electron chi connectivity index (χ2n) is 7.51. The van der Waals surface area contributed by atoms with E-state index in [0.717, 1.165) is 22.6 Å². The molecule has 0 bridgehead atoms. The van der Waals surface area contributed by atoms with Crippen molar-refractivity contribution in [2.45, 2.75) is 32.6 Å². The molecule has 2 nitrogen and oxygen atoms in total. The van der Waals surface area contributed by atoms with Crippen molar-refractivity contribution in [2.24, 2.45) is 0 Å². The zero-order valence-electron chi connectivity index (χ0n) is 17.2. The molecule has 0 amide bonds. The summed E-state index contributed by atoms with van der Waals surface area (Å²) in [6.45, 7) is 6.61. The third-order valence-electron chi connectivity index (χ3n) is 4.68. The second-order valence-corrected chi connectivity index (χ2v) is 7.51. The Morgan fingerprint density at radius 1 is 0.862 bits per heavy atom. The van der Waals surface area contributed by atoms with Crippen molar-refractivity contribution in [3.63, 3.8) is 0 Å². The van der Waals surface area contributed by atoms with Gasteiger partial charge in [-0.05, 0) is 60.5 Å². The lowest BCUT2D eigenvalue weighted by Gasteiger charge is -2.22. The molecule has 0 aliphatic carbocycles. The SMILES string of the molecule is CCOc1ccc(C(C)(C)C=C(F)Cc2cccc(Oc3ccccc3)c2)cc1. The van der Waals surface area contributed by atoms with Gasteiger partial charge in [-0.1, -0.05) is 56.3 Å². The van der Waals surface area contributed by atoms with Crippen LogP contribution in [0.5, 0.6) is 17.2 Å². The smallest absolute Gasteiger partial charge is 0.127 e. The van der Waals surface area contributed by atoms with E-state index in [1.807, 2.05) is 99.6 Å². The Morgan fingerprint density at radius 3 is 2.24 bits per heavy atom. The van der Waals surface area contributed by atoms with Crippen LogP contribution >= 0.6 is 0 Å². The fraction of sp³-hybridized carbons (Fsp3) is 0.231. The third kappa shape index (κ3) is 5.95. The highest BCUT2D eigenvalue weighted by Crippen LogP contribution is 2.29. The van der Waals surface area contributed by atoms with E-state index in [4.69, 9.17) is 9.47 Å². The summed E-state index contributed by atoms with van der Waals surface area (Å²) in [6, 6.07) is 25.0. The molecule has 0 radical (unpaired) electrons. The molecule has 0 aromatic heterocycles. The van der Waals surface area contributed by atoms with Gasteiger partial charge in [0.1, 0.15) is 23.1 Å². The number of ether oxygens (including phenoxy) is 2. The molecule has 3 rings (SSSR count). The highest BCUT2D eigenvalue weighted by Gasteiger charge is 2.19. The van der Waals surface area contributed by atoms with E-state index in [-0.39, 0.29) is 12.2 Å². The van der Waals surface area contributed by atoms with Crippen LogP contribution in [0.25, 0.3) is 0 Å². The van der Waals surface area contributed by atoms with Crippen molar-refractivity contribution in [3.05, 3.63) is 102 Å². The van der Waals surface area contributed by atoms with Crippen molar-refractivity contribution >= 4 is 0 Å². The summed E-state index contributed by atoms with van der Waals surface area (Å²) in [7, 11) is 0. The number of rotatable bonds is 8. The molecule has 0 aliphatic heterocycles. The average molecular weight is 390 g/mol. The van der Waals surface area contributed by atoms with Gasteiger partial charge in [-0.3, -0.25) is 0 Å². The maximum atomic E-state index is 14.8. The van der Waals surface area contributed by atoms with Gasteiger partial charge in [0.15, 0.2) is 0 Å². The van der Waals surface area contributed by atoms with E-state index in [1.165, 1.54) is 0 Å². The number of benzene rings is 3. The first kappa shape index (κ1) is 20.7. The quantitative estimate of drug-likeness (QED) is 0.403. The van der Waals surface area contributed by atoms with Gasteiger partial charge >= 0.3 is 0 Å². The minimum atomic E-state index is -0.424. The summed E-state index contributed by atoms with van der Waals surface area (Å²) in [5.41, 5.74) is 1.49. The number of halogens is 1. The zero-order valence-corrected chi connectivity index (χ0v) is 17.2. The van der Waals surface area contributed by atoms with Crippen molar-refractivity contribution < 1.29 is 13.9 Å². The summed E-state index contributed by atoms with van der Waals surface area (Å²) < 4.78 is 26.2. The van der Waals surface area contributed by atoms with Crippen molar-refractivity contribution in [2.75, 3.05) is 6.61 Å². The van der Waals surface area contributed by atoms with Gasteiger partial charge in [-0.15, -0.1) is 0 Å². The van der Waals surface area contributed by atoms with Crippen molar-refractivity contribution in [3.8, 4) is 17.2 Å². The molecule has 3 aromatic rings. The highest BCUT2D eigenvalue weighted by atomic mass is 19.1. The monoisotopic (exact) mass is 390 g/mol. The first-order chi connectivity index (χ1) is 14.0. The van der Waals surface area contributed by atoms with Gasteiger partial charge in [0.25, 0.3) is 0 Å². The van der Waals surface area contributed by atoms with Gasteiger partial charge in [0, 0.05) is 11.8 Å². The molecule has 0 unspecified atom stereocenters. The van der Waals surface area contributed by atoms with Crippen LogP contribution in [-0.4, -0.2) is 6.61 Å². The molecule has 3 aromatic carbocycles. The Balaban J connectivity index is 1.70. The third-order valence-corrected chi connectivity index (χ3v) is 4.68. The van der Waals surface area contributed by atoms with E-state index in [0.29, 0.717) is 12.4 Å². The molecule has 0 fully saturated rings. The van der Waals surface area contributed by atoms with E-state index >= 15 is 0 Å². The summed E-state index contributed by atoms with van der Waals surface area (Å²) in [6.07, 6.45) is 1.92. The van der Waals surface area contributed by atoms with E-state index < -0.39 is 5.41 Å². The van der Waals surface area contributed by atoms with Crippen LogP contribution in [-0.2, 0) is 11.8 Å². The molecule has 0 heterocycles. The molecule has 0 saturated heterocycles. The predicted molar refractivity (Wildman–Crippen MR) is 116 cm³/mol. The first-order valence-corrected chi connectivity index (χ1v) is 9.89. The fourth-order valence-corrected chi connectivity index (χ4v) is 3.21. The Bertz CT molecular complexity index is 944. The van der Waals surface area contributed by atoms with Crippen LogP contribution in [0.3, 0.4) is 0 Å². The van der Waals surface area contributed by atoms with Crippen molar-refractivity contribution in [1.82, 2.24) is 0 Å². The molecule has 0 saturated carbocycles. The van der Waals surface area contributed by atoms with Crippen LogP contribution in [0.2, 0.25) is 0 Å². The topological polar surface area (TPSA) is 18.5 Å². The lowest BCUT2D eigenvalue weighted by atomic mass is 9.83. The largest absolute Gasteiger partial charge is 0.494 e. The van der Waals surface area contributed by atoms with Gasteiger partial charge < -0.3 is 9.47 Å². The van der Waals surface area contributed by atoms with Crippen LogP contribution < -0.4 is 9.47 Å². The average Bonchev–Trinajstić information content (AvgIpc) is 2.69. The Labute approximate surface area is 172 Å². The van der Waals surface area contributed by atoms with E-state index in [2.05, 4.69) is 0 Å². The molecule has 0 aliphatic rings. The van der Waals surface area contributed by atoms with Gasteiger partial charge in [0.05, 0.1) is 6.61 Å². The fourth-order valence-electron chi connectivity index (χ4n) is 3.21. The minimum absolute atomic E-state index is 0.166. The van der Waals surface area contributed by atoms with Crippen LogP contribution in [0, 0.1) is 0 Å². The maximum absolute atomic E-state index is 14.8. The Kier molecular flexibility index (Phi) is 6.71. The minimum Gasteiger partial charge on any atom is -0.494 e. The zero-order chi connectivity index (χ0) is 20.7. The lowest BCUT2D eigenvalue weighted by Crippen LogP contribution is -2.14. The van der Waals surface area contributed by atoms with Gasteiger partial charge in [-0.25, -0.2) is 4.39 Å². The van der Waals surface area contributed by atoms with Crippen LogP contribution in [0.15, 0.2) is 90.8 Å². The summed E-state index contributed by atoms with van der Waals surface area (Å²) in [5, 5.41) is 0. The standard InChI is InChI=1S/C26H27FO2/c1-4-28-23-15-13-21(14-16-23)26(2,3)19-22(27)17-20-9-8-12-25(18-20)29-24-10-6-5-7-11-24/h5-16,18-19H,4,17H2,1-3H3. The van der Waals surface area contributed by atoms with E-state index in [9.17, 15) is 4.39 Å². The maximum Gasteiger partial charge on any atom is 0.127 e. The molecule has 29 heavy (non-hydrogen) atoms. The summed E-state index contributed by atoms with van der Waals surface area (Å²) in [4.78, 5) is 0. The Morgan fingerprint density at radius 2 is 1.55 bits per heavy atom. The Hall–Kier alpha value is -3.07.